The lowest BCUT2D eigenvalue weighted by molar-refractivity contribution is -0.117. The van der Waals surface area contributed by atoms with E-state index in [2.05, 4.69) is 0 Å². The van der Waals surface area contributed by atoms with Crippen molar-refractivity contribution in [1.29, 1.82) is 0 Å². The fraction of sp³-hybridized carbons (Fsp3) is 0.300. The normalized spacial score (nSPS) is 21.1. The Morgan fingerprint density at radius 3 is 2.73 bits per heavy atom. The molecular weight excluding hydrogens is 201 g/mol. The topological polar surface area (TPSA) is 60.8 Å². The summed E-state index contributed by atoms with van der Waals surface area (Å²) >= 11 is 0. The summed E-state index contributed by atoms with van der Waals surface area (Å²) in [5, 5.41) is 18.2. The third kappa shape index (κ3) is 1.78. The molecule has 1 unspecified atom stereocenters. The highest BCUT2D eigenvalue weighted by molar-refractivity contribution is 5.96. The first kappa shape index (κ1) is 9.92. The van der Waals surface area contributed by atoms with Gasteiger partial charge < -0.3 is 15.1 Å². The molecule has 1 aliphatic heterocycles. The molecule has 0 aromatic heterocycles. The average molecular weight is 211 g/mol. The summed E-state index contributed by atoms with van der Waals surface area (Å²) < 4.78 is 13.4. The number of carbonyl (C=O) groups excluding carboxylic acids is 1. The molecule has 1 aliphatic rings. The van der Waals surface area contributed by atoms with Gasteiger partial charge in [0.1, 0.15) is 5.75 Å². The molecule has 1 fully saturated rings. The highest BCUT2D eigenvalue weighted by Crippen LogP contribution is 2.27. The number of benzene rings is 1. The fourth-order valence-corrected chi connectivity index (χ4v) is 1.64. The van der Waals surface area contributed by atoms with Crippen molar-refractivity contribution in [3.63, 3.8) is 0 Å². The zero-order valence-corrected chi connectivity index (χ0v) is 7.85. The Morgan fingerprint density at radius 1 is 1.47 bits per heavy atom. The number of halogens is 1. The number of amides is 1. The summed E-state index contributed by atoms with van der Waals surface area (Å²) in [6.07, 6.45) is -0.731. The van der Waals surface area contributed by atoms with Crippen LogP contribution < -0.4 is 4.90 Å². The second kappa shape index (κ2) is 3.51. The summed E-state index contributed by atoms with van der Waals surface area (Å²) in [4.78, 5) is 12.5. The van der Waals surface area contributed by atoms with E-state index in [1.165, 1.54) is 17.0 Å². The summed E-state index contributed by atoms with van der Waals surface area (Å²) in [5.74, 6) is -1.17. The molecule has 5 heteroatoms. The molecule has 2 rings (SSSR count). The van der Waals surface area contributed by atoms with Crippen LogP contribution in [0.15, 0.2) is 18.2 Å². The number of phenols is 1. The lowest BCUT2D eigenvalue weighted by atomic mass is 10.2. The molecule has 1 heterocycles. The summed E-state index contributed by atoms with van der Waals surface area (Å²) in [7, 11) is 0. The first-order chi connectivity index (χ1) is 7.08. The van der Waals surface area contributed by atoms with Gasteiger partial charge in [-0.3, -0.25) is 4.79 Å². The predicted octanol–water partition coefficient (Wildman–Crippen LogP) is 0.629. The van der Waals surface area contributed by atoms with Gasteiger partial charge in [0, 0.05) is 6.07 Å². The van der Waals surface area contributed by atoms with Crippen molar-refractivity contribution in [2.45, 2.75) is 12.5 Å². The van der Waals surface area contributed by atoms with Gasteiger partial charge >= 0.3 is 0 Å². The van der Waals surface area contributed by atoms with Crippen molar-refractivity contribution in [3.8, 4) is 5.75 Å². The van der Waals surface area contributed by atoms with Crippen molar-refractivity contribution in [2.75, 3.05) is 11.4 Å². The Bertz CT molecular complexity index is 408. The highest BCUT2D eigenvalue weighted by atomic mass is 19.1. The average Bonchev–Trinajstić information content (AvgIpc) is 2.45. The number of aliphatic hydroxyl groups excluding tert-OH is 1. The number of carbonyl (C=O) groups is 1. The monoisotopic (exact) mass is 211 g/mol. The molecule has 0 spiro atoms. The van der Waals surface area contributed by atoms with E-state index in [-0.39, 0.29) is 30.3 Å². The molecular formula is C10H10FNO3. The molecule has 1 atom stereocenters. The van der Waals surface area contributed by atoms with Gasteiger partial charge in [-0.15, -0.1) is 0 Å². The number of anilines is 1. The van der Waals surface area contributed by atoms with Crippen LogP contribution in [0.3, 0.4) is 0 Å². The number of nitrogens with zero attached hydrogens (tertiary/aromatic N) is 1. The molecule has 0 bridgehead atoms. The smallest absolute Gasteiger partial charge is 0.229 e. The minimum Gasteiger partial charge on any atom is -0.508 e. The third-order valence-electron chi connectivity index (χ3n) is 2.33. The Labute approximate surface area is 85.6 Å². The van der Waals surface area contributed by atoms with Crippen LogP contribution in [-0.2, 0) is 4.79 Å². The number of hydrogen-bond acceptors (Lipinski definition) is 3. The van der Waals surface area contributed by atoms with Gasteiger partial charge in [-0.2, -0.15) is 0 Å². The second-order valence-electron chi connectivity index (χ2n) is 3.50. The Kier molecular flexibility index (Phi) is 2.32. The van der Waals surface area contributed by atoms with E-state index in [9.17, 15) is 14.3 Å². The molecule has 1 aromatic carbocycles. The highest BCUT2D eigenvalue weighted by Gasteiger charge is 2.30. The molecule has 4 nitrogen and oxygen atoms in total. The van der Waals surface area contributed by atoms with E-state index in [0.29, 0.717) is 0 Å². The van der Waals surface area contributed by atoms with Crippen LogP contribution in [0.2, 0.25) is 0 Å². The minimum absolute atomic E-state index is 0.0142. The second-order valence-corrected chi connectivity index (χ2v) is 3.50. The van der Waals surface area contributed by atoms with E-state index in [0.717, 1.165) is 6.07 Å². The van der Waals surface area contributed by atoms with Gasteiger partial charge in [0.25, 0.3) is 0 Å². The maximum atomic E-state index is 13.4. The zero-order chi connectivity index (χ0) is 11.0. The summed E-state index contributed by atoms with van der Waals surface area (Å²) in [6.45, 7) is 0.0977. The van der Waals surface area contributed by atoms with Crippen LogP contribution in [0.5, 0.6) is 5.75 Å². The molecule has 80 valence electrons. The molecule has 0 saturated carbocycles. The standard InChI is InChI=1S/C10H10FNO3/c11-8-3-6(13)1-2-9(8)12-5-7(14)4-10(12)15/h1-3,7,13-14H,4-5H2. The van der Waals surface area contributed by atoms with Gasteiger partial charge in [-0.05, 0) is 12.1 Å². The van der Waals surface area contributed by atoms with Gasteiger partial charge in [-0.1, -0.05) is 0 Å². The van der Waals surface area contributed by atoms with E-state index in [1.54, 1.807) is 0 Å². The molecule has 0 radical (unpaired) electrons. The van der Waals surface area contributed by atoms with E-state index in [4.69, 9.17) is 5.11 Å². The van der Waals surface area contributed by atoms with Crippen molar-refractivity contribution >= 4 is 11.6 Å². The van der Waals surface area contributed by atoms with Crippen molar-refractivity contribution in [1.82, 2.24) is 0 Å². The number of phenolic OH excluding ortho intramolecular Hbond substituents is 1. The van der Waals surface area contributed by atoms with Crippen LogP contribution in [0, 0.1) is 5.82 Å². The van der Waals surface area contributed by atoms with Gasteiger partial charge in [0.2, 0.25) is 5.91 Å². The Hall–Kier alpha value is -1.62. The Balaban J connectivity index is 2.34. The molecule has 1 saturated heterocycles. The minimum atomic E-state index is -0.745. The quantitative estimate of drug-likeness (QED) is 0.716. The third-order valence-corrected chi connectivity index (χ3v) is 2.33. The van der Waals surface area contributed by atoms with E-state index < -0.39 is 11.9 Å². The summed E-state index contributed by atoms with van der Waals surface area (Å²) in [5.41, 5.74) is 0.0920. The number of aromatic hydroxyl groups is 1. The SMILES string of the molecule is O=C1CC(O)CN1c1ccc(O)cc1F. The van der Waals surface area contributed by atoms with Crippen LogP contribution in [-0.4, -0.2) is 28.8 Å². The van der Waals surface area contributed by atoms with Crippen molar-refractivity contribution in [3.05, 3.63) is 24.0 Å². The number of rotatable bonds is 1. The summed E-state index contributed by atoms with van der Waals surface area (Å²) in [6, 6.07) is 3.56. The van der Waals surface area contributed by atoms with Gasteiger partial charge in [0.05, 0.1) is 24.8 Å². The van der Waals surface area contributed by atoms with E-state index in [1.807, 2.05) is 0 Å². The molecule has 1 amide bonds. The van der Waals surface area contributed by atoms with Crippen LogP contribution in [0.25, 0.3) is 0 Å². The van der Waals surface area contributed by atoms with Crippen molar-refractivity contribution in [2.24, 2.45) is 0 Å². The number of aliphatic hydroxyl groups is 1. The first-order valence-corrected chi connectivity index (χ1v) is 4.55. The van der Waals surface area contributed by atoms with Gasteiger partial charge in [-0.25, -0.2) is 4.39 Å². The molecule has 15 heavy (non-hydrogen) atoms. The lowest BCUT2D eigenvalue weighted by Gasteiger charge is -2.16. The number of hydrogen-bond donors (Lipinski definition) is 2. The fourth-order valence-electron chi connectivity index (χ4n) is 1.64. The molecule has 2 N–H and O–H groups in total. The lowest BCUT2D eigenvalue weighted by Crippen LogP contribution is -2.26. The maximum Gasteiger partial charge on any atom is 0.229 e. The van der Waals surface area contributed by atoms with Crippen molar-refractivity contribution < 1.29 is 19.4 Å². The van der Waals surface area contributed by atoms with Crippen LogP contribution >= 0.6 is 0 Å². The largest absolute Gasteiger partial charge is 0.508 e. The molecule has 0 aliphatic carbocycles. The predicted molar refractivity (Wildman–Crippen MR) is 51.0 cm³/mol. The maximum absolute atomic E-state index is 13.4. The first-order valence-electron chi connectivity index (χ1n) is 4.55. The van der Waals surface area contributed by atoms with E-state index >= 15 is 0 Å². The zero-order valence-electron chi connectivity index (χ0n) is 7.85. The Morgan fingerprint density at radius 2 is 2.20 bits per heavy atom. The van der Waals surface area contributed by atoms with Crippen LogP contribution in [0.1, 0.15) is 6.42 Å². The molecule has 1 aromatic rings. The van der Waals surface area contributed by atoms with Gasteiger partial charge in [0.15, 0.2) is 5.82 Å². The van der Waals surface area contributed by atoms with Crippen LogP contribution in [0.4, 0.5) is 10.1 Å². The number of β-amino-alcohol motifs (C(OH)–C–C–N with tert-alkyl or cyclic N) is 1.